The van der Waals surface area contributed by atoms with Gasteiger partial charge < -0.3 is 0 Å². The van der Waals surface area contributed by atoms with Crippen LogP contribution in [0.4, 0.5) is 0 Å². The van der Waals surface area contributed by atoms with E-state index in [9.17, 15) is 0 Å². The summed E-state index contributed by atoms with van der Waals surface area (Å²) in [6.07, 6.45) is 0. The molecule has 3 atom stereocenters. The minimum absolute atomic E-state index is 0.896. The Hall–Kier alpha value is 2.73. The summed E-state index contributed by atoms with van der Waals surface area (Å²) < 4.78 is 0. The summed E-state index contributed by atoms with van der Waals surface area (Å²) in [4.78, 5) is 0. The first-order valence-electron chi connectivity index (χ1n) is 1.13. The summed E-state index contributed by atoms with van der Waals surface area (Å²) in [6, 6.07) is 0. The second-order valence-corrected chi connectivity index (χ2v) is 2.95. The fourth-order valence-corrected chi connectivity index (χ4v) is 0. The fraction of sp³-hybridized carbons (Fsp3) is 1.00. The van der Waals surface area contributed by atoms with E-state index in [0.29, 0.717) is 0 Å². The quantitative estimate of drug-likeness (QED) is 0.579. The molecule has 0 heterocycles. The van der Waals surface area contributed by atoms with Crippen LogP contribution < -0.4 is 0 Å². The summed E-state index contributed by atoms with van der Waals surface area (Å²) in [5.74, 6) is 0. The van der Waals surface area contributed by atoms with Gasteiger partial charge in [-0.05, 0) is 6.66 Å². The molecule has 48 valence electrons. The molecule has 0 aromatic carbocycles. The van der Waals surface area contributed by atoms with Crippen molar-refractivity contribution >= 4 is 69.6 Å². The SMILES string of the molecule is CPBr.PBr.PBr. The zero-order valence-electron chi connectivity index (χ0n) is 3.79. The van der Waals surface area contributed by atoms with Crippen molar-refractivity contribution < 1.29 is 0 Å². The highest BCUT2D eigenvalue weighted by atomic mass is 79.9. The molecule has 0 saturated heterocycles. The lowest BCUT2D eigenvalue weighted by Gasteiger charge is -1.47. The molecule has 0 rings (SSSR count). The van der Waals surface area contributed by atoms with Gasteiger partial charge in [-0.25, -0.2) is 0 Å². The monoisotopic (exact) mass is 350 g/mol. The number of rotatable bonds is 0. The van der Waals surface area contributed by atoms with Gasteiger partial charge in [0.05, 0.1) is 0 Å². The van der Waals surface area contributed by atoms with Crippen LogP contribution in [-0.4, -0.2) is 6.66 Å². The maximum atomic E-state index is 3.17. The standard InChI is InChI=1S/CH4BrP.2BrH2P/c1-3-2;2*1-2/h3H,1H3;2*2H2. The highest BCUT2D eigenvalue weighted by Crippen LogP contribution is 2.10. The van der Waals surface area contributed by atoms with Gasteiger partial charge in [0.15, 0.2) is 0 Å². The zero-order valence-corrected chi connectivity index (χ0v) is 11.9. The molecule has 6 heteroatoms. The minimum Gasteiger partial charge on any atom is -0.0679 e. The third-order valence-corrected chi connectivity index (χ3v) is 0. The van der Waals surface area contributed by atoms with E-state index in [1.165, 1.54) is 0 Å². The van der Waals surface area contributed by atoms with Crippen molar-refractivity contribution in [1.29, 1.82) is 0 Å². The van der Waals surface area contributed by atoms with Gasteiger partial charge in [-0.15, -0.1) is 0 Å². The van der Waals surface area contributed by atoms with Crippen LogP contribution in [-0.2, 0) is 0 Å². The lowest BCUT2D eigenvalue weighted by atomic mass is 12.0. The summed E-state index contributed by atoms with van der Waals surface area (Å²) in [5, 5.41) is 0. The Balaban J connectivity index is -0.0000000360. The van der Waals surface area contributed by atoms with E-state index in [4.69, 9.17) is 0 Å². The maximum Gasteiger partial charge on any atom is -0.0373 e. The van der Waals surface area contributed by atoms with Crippen molar-refractivity contribution in [2.75, 3.05) is 6.66 Å². The molecule has 0 saturated carbocycles. The van der Waals surface area contributed by atoms with E-state index in [1.807, 2.05) is 0 Å². The number of hydrogen-bond donors (Lipinski definition) is 0. The molecule has 0 N–H and O–H groups in total. The normalized spacial score (nSPS) is 6.00. The molecular formula is CH8Br3P3. The van der Waals surface area contributed by atoms with Crippen LogP contribution in [0.2, 0.25) is 0 Å². The average Bonchev–Trinajstić information content (AvgIpc) is 1.78. The first kappa shape index (κ1) is 16.4. The van der Waals surface area contributed by atoms with E-state index < -0.39 is 0 Å². The predicted octanol–water partition coefficient (Wildman–Crippen LogP) is 3.95. The van der Waals surface area contributed by atoms with Crippen LogP contribution in [0, 0.1) is 0 Å². The third-order valence-electron chi connectivity index (χ3n) is 0. The highest BCUT2D eigenvalue weighted by Gasteiger charge is 1.36. The third kappa shape index (κ3) is 53.1. The molecule has 0 fully saturated rings. The van der Waals surface area contributed by atoms with Gasteiger partial charge in [0.1, 0.15) is 0 Å². The first-order chi connectivity index (χ1) is 3.41. The molecule has 0 amide bonds. The van der Waals surface area contributed by atoms with Crippen LogP contribution in [0.3, 0.4) is 0 Å². The largest absolute Gasteiger partial charge is 0.0679 e. The predicted molar refractivity (Wildman–Crippen MR) is 60.4 cm³/mol. The summed E-state index contributed by atoms with van der Waals surface area (Å²) in [6.45, 7) is 2.07. The molecule has 0 nitrogen and oxygen atoms in total. The molecule has 0 bridgehead atoms. The van der Waals surface area contributed by atoms with Crippen molar-refractivity contribution in [3.8, 4) is 0 Å². The second kappa shape index (κ2) is 37.5. The van der Waals surface area contributed by atoms with Gasteiger partial charge in [0.2, 0.25) is 0 Å². The Morgan fingerprint density at radius 1 is 1.14 bits per heavy atom. The number of hydrogen-bond acceptors (Lipinski definition) is 0. The molecule has 0 radical (unpaired) electrons. The minimum atomic E-state index is 0.896. The van der Waals surface area contributed by atoms with Gasteiger partial charge in [-0.2, -0.15) is 0 Å². The highest BCUT2D eigenvalue weighted by molar-refractivity contribution is 9.36. The van der Waals surface area contributed by atoms with Crippen LogP contribution in [0.15, 0.2) is 0 Å². The maximum absolute atomic E-state index is 3.17. The van der Waals surface area contributed by atoms with Gasteiger partial charge >= 0.3 is 0 Å². The van der Waals surface area contributed by atoms with E-state index in [2.05, 4.69) is 69.0 Å². The van der Waals surface area contributed by atoms with E-state index in [-0.39, 0.29) is 0 Å². The van der Waals surface area contributed by atoms with Crippen LogP contribution in [0.1, 0.15) is 0 Å². The Bertz CT molecular complexity index is 10.1. The first-order valence-corrected chi connectivity index (χ1v) is 11.2. The molecule has 3 unspecified atom stereocenters. The fourth-order valence-electron chi connectivity index (χ4n) is 0. The molecule has 0 aliphatic heterocycles. The van der Waals surface area contributed by atoms with Gasteiger partial charge in [0.25, 0.3) is 0 Å². The number of halogens is 3. The van der Waals surface area contributed by atoms with Crippen molar-refractivity contribution in [2.45, 2.75) is 0 Å². The second-order valence-electron chi connectivity index (χ2n) is 0.189. The van der Waals surface area contributed by atoms with Crippen LogP contribution >= 0.6 is 69.6 Å². The van der Waals surface area contributed by atoms with E-state index in [0.717, 1.165) is 7.28 Å². The molecule has 7 heavy (non-hydrogen) atoms. The lowest BCUT2D eigenvalue weighted by molar-refractivity contribution is 2.52. The lowest BCUT2D eigenvalue weighted by Crippen LogP contribution is -0.978. The zero-order chi connectivity index (χ0) is 6.71. The van der Waals surface area contributed by atoms with Crippen LogP contribution in [0.5, 0.6) is 0 Å². The van der Waals surface area contributed by atoms with Gasteiger partial charge in [-0.1, -0.05) is 69.6 Å². The molecule has 0 aliphatic rings. The summed E-state index contributed by atoms with van der Waals surface area (Å²) in [5.41, 5.74) is 0. The Kier molecular flexibility index (Phi) is 87.7. The Labute approximate surface area is 75.8 Å². The smallest absolute Gasteiger partial charge is 0.0373 e. The Morgan fingerprint density at radius 2 is 1.14 bits per heavy atom. The van der Waals surface area contributed by atoms with Crippen LogP contribution in [0.25, 0.3) is 0 Å². The summed E-state index contributed by atoms with van der Waals surface area (Å²) in [7, 11) is 5.35. The van der Waals surface area contributed by atoms with Gasteiger partial charge in [-0.3, -0.25) is 0 Å². The van der Waals surface area contributed by atoms with E-state index >= 15 is 0 Å². The molecule has 0 aromatic rings. The molecule has 0 spiro atoms. The Morgan fingerprint density at radius 3 is 1.14 bits per heavy atom. The molecule has 0 aromatic heterocycles. The van der Waals surface area contributed by atoms with E-state index in [1.54, 1.807) is 0 Å². The average molecular weight is 353 g/mol. The molecule has 0 aliphatic carbocycles. The van der Waals surface area contributed by atoms with Crippen molar-refractivity contribution in [3.05, 3.63) is 0 Å². The van der Waals surface area contributed by atoms with Crippen molar-refractivity contribution in [2.24, 2.45) is 0 Å². The van der Waals surface area contributed by atoms with Crippen molar-refractivity contribution in [1.82, 2.24) is 0 Å². The molecular weight excluding hydrogens is 345 g/mol. The topological polar surface area (TPSA) is 0 Å². The van der Waals surface area contributed by atoms with Gasteiger partial charge in [0, 0.05) is 0 Å². The van der Waals surface area contributed by atoms with Crippen molar-refractivity contribution in [3.63, 3.8) is 0 Å². The summed E-state index contributed by atoms with van der Waals surface area (Å²) >= 11 is 8.88.